The van der Waals surface area contributed by atoms with Crippen LogP contribution in [0.25, 0.3) is 10.2 Å². The molecule has 0 radical (unpaired) electrons. The van der Waals surface area contributed by atoms with Crippen molar-refractivity contribution in [1.82, 2.24) is 4.98 Å². The molecule has 4 nitrogen and oxygen atoms in total. The highest BCUT2D eigenvalue weighted by Gasteiger charge is 2.68. The maximum Gasteiger partial charge on any atom is 0.439 e. The van der Waals surface area contributed by atoms with Crippen molar-refractivity contribution in [2.45, 2.75) is 24.7 Å². The maximum atomic E-state index is 14.1. The lowest BCUT2D eigenvalue weighted by Crippen LogP contribution is -2.60. The first-order valence-corrected chi connectivity index (χ1v) is 9.33. The van der Waals surface area contributed by atoms with Crippen molar-refractivity contribution in [3.05, 3.63) is 59.7 Å². The van der Waals surface area contributed by atoms with E-state index in [0.29, 0.717) is 22.5 Å². The van der Waals surface area contributed by atoms with Gasteiger partial charge >= 0.3 is 6.18 Å². The van der Waals surface area contributed by atoms with E-state index in [2.05, 4.69) is 10.1 Å². The van der Waals surface area contributed by atoms with Gasteiger partial charge in [0.2, 0.25) is 5.13 Å². The number of fused-ring (bicyclic) bond motifs is 4. The highest BCUT2D eigenvalue weighted by Crippen LogP contribution is 2.51. The van der Waals surface area contributed by atoms with Gasteiger partial charge in [0.1, 0.15) is 0 Å². The fourth-order valence-corrected chi connectivity index (χ4v) is 4.89. The van der Waals surface area contributed by atoms with Crippen LogP contribution in [0.5, 0.6) is 0 Å². The largest absolute Gasteiger partial charge is 0.439 e. The number of aliphatic hydroxyl groups is 1. The van der Waals surface area contributed by atoms with Crippen molar-refractivity contribution >= 4 is 32.4 Å². The highest BCUT2D eigenvalue weighted by atomic mass is 32.1. The second-order valence-electron chi connectivity index (χ2n) is 6.73. The summed E-state index contributed by atoms with van der Waals surface area (Å²) in [5.74, 6) is -1.15. The Labute approximate surface area is 156 Å². The highest BCUT2D eigenvalue weighted by molar-refractivity contribution is 7.22. The molecule has 2 aliphatic rings. The summed E-state index contributed by atoms with van der Waals surface area (Å²) in [6.07, 6.45) is -4.24. The quantitative estimate of drug-likeness (QED) is 0.674. The summed E-state index contributed by atoms with van der Waals surface area (Å²) in [6, 6.07) is 14.4. The molecule has 0 saturated heterocycles. The van der Waals surface area contributed by atoms with Gasteiger partial charge in [-0.1, -0.05) is 47.7 Å². The summed E-state index contributed by atoms with van der Waals surface area (Å²) >= 11 is 1.09. The second-order valence-corrected chi connectivity index (χ2v) is 7.74. The third kappa shape index (κ3) is 2.26. The van der Waals surface area contributed by atoms with Crippen LogP contribution in [0, 0.1) is 5.92 Å². The van der Waals surface area contributed by atoms with Gasteiger partial charge in [0.15, 0.2) is 0 Å². The number of alkyl halides is 3. The molecule has 1 aliphatic carbocycles. The van der Waals surface area contributed by atoms with Gasteiger partial charge in [0, 0.05) is 5.56 Å². The number of hydrogen-bond acceptors (Lipinski definition) is 5. The number of halogens is 3. The number of nitrogens with zero attached hydrogens (tertiary/aromatic N) is 3. The molecule has 1 aromatic heterocycles. The van der Waals surface area contributed by atoms with Gasteiger partial charge in [-0.15, -0.1) is 0 Å². The van der Waals surface area contributed by atoms with E-state index in [1.807, 2.05) is 12.1 Å². The van der Waals surface area contributed by atoms with Crippen molar-refractivity contribution in [2.75, 3.05) is 5.01 Å². The monoisotopic (exact) mass is 389 g/mol. The predicted octanol–water partition coefficient (Wildman–Crippen LogP) is 4.33. The molecule has 8 heteroatoms. The Hall–Kier alpha value is -2.45. The Bertz CT molecular complexity index is 1040. The molecule has 5 rings (SSSR count). The van der Waals surface area contributed by atoms with Gasteiger partial charge < -0.3 is 5.11 Å². The number of hydrazone groups is 1. The summed E-state index contributed by atoms with van der Waals surface area (Å²) in [4.78, 5) is 4.29. The van der Waals surface area contributed by atoms with E-state index < -0.39 is 17.8 Å². The summed E-state index contributed by atoms with van der Waals surface area (Å²) in [6.45, 7) is 0. The number of rotatable bonds is 1. The Kier molecular flexibility index (Phi) is 3.42. The average molecular weight is 389 g/mol. The number of anilines is 1. The molecule has 0 unspecified atom stereocenters. The number of aromatic nitrogens is 1. The van der Waals surface area contributed by atoms with E-state index in [9.17, 15) is 18.3 Å². The third-order valence-electron chi connectivity index (χ3n) is 5.22. The van der Waals surface area contributed by atoms with Crippen LogP contribution in [-0.4, -0.2) is 27.7 Å². The molecule has 3 aromatic rings. The van der Waals surface area contributed by atoms with E-state index in [1.54, 1.807) is 36.4 Å². The fraction of sp³-hybridized carbons (Fsp3) is 0.263. The van der Waals surface area contributed by atoms with E-state index in [4.69, 9.17) is 0 Å². The molecule has 0 amide bonds. The number of benzene rings is 2. The molecule has 0 bridgehead atoms. The van der Waals surface area contributed by atoms with E-state index >= 15 is 0 Å². The molecule has 138 valence electrons. The maximum absolute atomic E-state index is 14.1. The van der Waals surface area contributed by atoms with E-state index in [0.717, 1.165) is 21.6 Å². The zero-order valence-corrected chi connectivity index (χ0v) is 14.8. The van der Waals surface area contributed by atoms with Gasteiger partial charge in [-0.05, 0) is 30.5 Å². The third-order valence-corrected chi connectivity index (χ3v) is 6.24. The molecule has 1 aliphatic heterocycles. The van der Waals surface area contributed by atoms with Crippen LogP contribution >= 0.6 is 11.3 Å². The van der Waals surface area contributed by atoms with Crippen LogP contribution in [0.1, 0.15) is 17.5 Å². The first-order valence-electron chi connectivity index (χ1n) is 8.51. The van der Waals surface area contributed by atoms with Crippen molar-refractivity contribution < 1.29 is 18.3 Å². The van der Waals surface area contributed by atoms with E-state index in [1.165, 1.54) is 0 Å². The summed E-state index contributed by atoms with van der Waals surface area (Å²) in [7, 11) is 0. The summed E-state index contributed by atoms with van der Waals surface area (Å²) in [5.41, 5.74) is -0.638. The SMILES string of the molecule is O[C@@]1(C(F)(F)F)[C@H]2CCc3ccccc3C2=NN1c1nc2ccccc2s1. The lowest BCUT2D eigenvalue weighted by atomic mass is 9.77. The van der Waals surface area contributed by atoms with Crippen molar-refractivity contribution in [1.29, 1.82) is 0 Å². The van der Waals surface area contributed by atoms with Crippen LogP contribution in [0.4, 0.5) is 18.3 Å². The number of hydrogen-bond donors (Lipinski definition) is 1. The molecule has 2 aromatic carbocycles. The van der Waals surface area contributed by atoms with Crippen molar-refractivity contribution in [2.24, 2.45) is 11.0 Å². The summed E-state index contributed by atoms with van der Waals surface area (Å²) in [5, 5.41) is 15.9. The minimum Gasteiger partial charge on any atom is -0.362 e. The first-order chi connectivity index (χ1) is 12.9. The average Bonchev–Trinajstić information content (AvgIpc) is 3.21. The van der Waals surface area contributed by atoms with Gasteiger partial charge in [0.05, 0.1) is 21.8 Å². The Balaban J connectivity index is 1.71. The molecule has 0 fully saturated rings. The minimum atomic E-state index is -4.88. The lowest BCUT2D eigenvalue weighted by Gasteiger charge is -2.38. The Morgan fingerprint density at radius 1 is 1.11 bits per heavy atom. The van der Waals surface area contributed by atoms with Gasteiger partial charge in [-0.3, -0.25) is 0 Å². The van der Waals surface area contributed by atoms with Gasteiger partial charge in [-0.25, -0.2) is 4.98 Å². The Morgan fingerprint density at radius 3 is 2.63 bits per heavy atom. The summed E-state index contributed by atoms with van der Waals surface area (Å²) < 4.78 is 43.0. The van der Waals surface area contributed by atoms with Gasteiger partial charge in [-0.2, -0.15) is 23.3 Å². The molecule has 27 heavy (non-hydrogen) atoms. The molecular formula is C19H14F3N3OS. The van der Waals surface area contributed by atoms with Gasteiger partial charge in [0.25, 0.3) is 5.72 Å². The predicted molar refractivity (Wildman–Crippen MR) is 97.9 cm³/mol. The van der Waals surface area contributed by atoms with Crippen LogP contribution in [-0.2, 0) is 6.42 Å². The van der Waals surface area contributed by atoms with Crippen LogP contribution in [0.2, 0.25) is 0 Å². The fourth-order valence-electron chi connectivity index (χ4n) is 3.92. The number of para-hydroxylation sites is 1. The standard InChI is InChI=1S/C19H14F3N3OS/c20-19(21,22)18(26)13-10-9-11-5-1-2-6-12(11)16(13)24-25(18)17-23-14-7-3-4-8-15(14)27-17/h1-8,13,26H,9-10H2/t13-,18+/m0/s1. The van der Waals surface area contributed by atoms with Crippen LogP contribution in [0.3, 0.4) is 0 Å². The molecular weight excluding hydrogens is 375 g/mol. The minimum absolute atomic E-state index is 0.0374. The zero-order valence-electron chi connectivity index (χ0n) is 13.9. The molecule has 0 saturated carbocycles. The zero-order chi connectivity index (χ0) is 18.8. The molecule has 2 atom stereocenters. The smallest absolute Gasteiger partial charge is 0.362 e. The molecule has 2 heterocycles. The molecule has 0 spiro atoms. The lowest BCUT2D eigenvalue weighted by molar-refractivity contribution is -0.268. The molecule has 1 N–H and O–H groups in total. The topological polar surface area (TPSA) is 48.7 Å². The number of aryl methyl sites for hydroxylation is 1. The van der Waals surface area contributed by atoms with Crippen molar-refractivity contribution in [3.8, 4) is 0 Å². The van der Waals surface area contributed by atoms with Crippen LogP contribution < -0.4 is 5.01 Å². The normalized spacial score (nSPS) is 24.7. The van der Waals surface area contributed by atoms with E-state index in [-0.39, 0.29) is 17.3 Å². The van der Waals surface area contributed by atoms with Crippen molar-refractivity contribution in [3.63, 3.8) is 0 Å². The first kappa shape index (κ1) is 16.7. The number of thiazole rings is 1. The Morgan fingerprint density at radius 2 is 1.85 bits per heavy atom. The second kappa shape index (κ2) is 5.53. The van der Waals surface area contributed by atoms with Crippen LogP contribution in [0.15, 0.2) is 53.6 Å².